The molecule has 0 unspecified atom stereocenters. The first-order valence-corrected chi connectivity index (χ1v) is 9.30. The van der Waals surface area contributed by atoms with Gasteiger partial charge in [0.1, 0.15) is 5.54 Å². The number of likely N-dealkylation sites (tertiary alicyclic amines) is 1. The average Bonchev–Trinajstić information content (AvgIpc) is 3.04. The Labute approximate surface area is 155 Å². The lowest BCUT2D eigenvalue weighted by Crippen LogP contribution is -2.59. The van der Waals surface area contributed by atoms with Crippen LogP contribution >= 0.6 is 22.9 Å². The molecule has 7 heteroatoms. The minimum atomic E-state index is -1.22. The van der Waals surface area contributed by atoms with Crippen molar-refractivity contribution in [3.05, 3.63) is 57.2 Å². The second kappa shape index (κ2) is 7.56. The van der Waals surface area contributed by atoms with Crippen LogP contribution < -0.4 is 5.32 Å². The number of carboxylic acid groups (broad SMARTS) is 1. The molecule has 1 aromatic heterocycles. The summed E-state index contributed by atoms with van der Waals surface area (Å²) in [6.07, 6.45) is 0.748. The highest BCUT2D eigenvalue weighted by Crippen LogP contribution is 2.26. The van der Waals surface area contributed by atoms with Crippen molar-refractivity contribution in [2.45, 2.75) is 24.9 Å². The molecule has 2 aromatic rings. The van der Waals surface area contributed by atoms with Crippen LogP contribution in [0.4, 0.5) is 0 Å². The number of aliphatic carboxylic acids is 1. The van der Waals surface area contributed by atoms with Crippen molar-refractivity contribution in [3.8, 4) is 0 Å². The Bertz CT molecular complexity index is 755. The topological polar surface area (TPSA) is 69.6 Å². The lowest BCUT2D eigenvalue weighted by Gasteiger charge is -2.39. The fourth-order valence-electron chi connectivity index (χ4n) is 3.05. The average molecular weight is 379 g/mol. The van der Waals surface area contributed by atoms with Gasteiger partial charge in [0.2, 0.25) is 0 Å². The van der Waals surface area contributed by atoms with Crippen LogP contribution in [0.5, 0.6) is 0 Å². The van der Waals surface area contributed by atoms with Gasteiger partial charge in [0.05, 0.1) is 9.90 Å². The molecule has 0 aliphatic carbocycles. The van der Waals surface area contributed by atoms with E-state index in [0.717, 1.165) is 6.54 Å². The van der Waals surface area contributed by atoms with Gasteiger partial charge in [-0.25, -0.2) is 4.79 Å². The van der Waals surface area contributed by atoms with Gasteiger partial charge in [0, 0.05) is 25.0 Å². The van der Waals surface area contributed by atoms with Crippen molar-refractivity contribution in [2.24, 2.45) is 0 Å². The highest BCUT2D eigenvalue weighted by molar-refractivity contribution is 7.14. The Kier molecular flexibility index (Phi) is 5.42. The Hall–Kier alpha value is -1.89. The first-order valence-electron chi connectivity index (χ1n) is 8.05. The van der Waals surface area contributed by atoms with Gasteiger partial charge in [0.25, 0.3) is 5.91 Å². The number of piperidine rings is 1. The summed E-state index contributed by atoms with van der Waals surface area (Å²) in [6.45, 7) is 2.02. The minimum Gasteiger partial charge on any atom is -0.480 e. The van der Waals surface area contributed by atoms with Crippen LogP contribution in [0, 0.1) is 0 Å². The molecular weight excluding hydrogens is 360 g/mol. The van der Waals surface area contributed by atoms with E-state index in [2.05, 4.69) is 22.3 Å². The fourth-order valence-corrected chi connectivity index (χ4v) is 3.91. The molecule has 0 radical (unpaired) electrons. The second-order valence-electron chi connectivity index (χ2n) is 6.24. The molecule has 25 heavy (non-hydrogen) atoms. The summed E-state index contributed by atoms with van der Waals surface area (Å²) >= 11 is 7.11. The maximum Gasteiger partial charge on any atom is 0.329 e. The zero-order valence-electron chi connectivity index (χ0n) is 13.6. The van der Waals surface area contributed by atoms with E-state index in [1.54, 1.807) is 11.4 Å². The van der Waals surface area contributed by atoms with Crippen LogP contribution in [0.2, 0.25) is 4.34 Å². The monoisotopic (exact) mass is 378 g/mol. The summed E-state index contributed by atoms with van der Waals surface area (Å²) in [5, 5.41) is 14.1. The Morgan fingerprint density at radius 3 is 2.48 bits per heavy atom. The van der Waals surface area contributed by atoms with Crippen LogP contribution in [0.25, 0.3) is 0 Å². The maximum atomic E-state index is 12.4. The van der Waals surface area contributed by atoms with E-state index in [4.69, 9.17) is 11.6 Å². The third-order valence-corrected chi connectivity index (χ3v) is 5.64. The van der Waals surface area contributed by atoms with Gasteiger partial charge in [-0.3, -0.25) is 9.69 Å². The van der Waals surface area contributed by atoms with Crippen LogP contribution in [0.3, 0.4) is 0 Å². The second-order valence-corrected chi connectivity index (χ2v) is 7.79. The maximum absolute atomic E-state index is 12.4. The molecule has 1 aliphatic rings. The quantitative estimate of drug-likeness (QED) is 0.837. The number of thiophene rings is 1. The van der Waals surface area contributed by atoms with Crippen molar-refractivity contribution in [2.75, 3.05) is 13.1 Å². The van der Waals surface area contributed by atoms with Crippen molar-refractivity contribution >= 4 is 34.8 Å². The lowest BCUT2D eigenvalue weighted by atomic mass is 9.87. The number of nitrogens with one attached hydrogen (secondary N) is 1. The number of benzene rings is 1. The Morgan fingerprint density at radius 2 is 1.92 bits per heavy atom. The number of nitrogens with zero attached hydrogens (tertiary/aromatic N) is 1. The molecule has 5 nitrogen and oxygen atoms in total. The third-order valence-electron chi connectivity index (χ3n) is 4.55. The predicted octanol–water partition coefficient (Wildman–Crippen LogP) is 3.25. The molecule has 3 rings (SSSR count). The summed E-state index contributed by atoms with van der Waals surface area (Å²) in [5.41, 5.74) is 0.378. The summed E-state index contributed by atoms with van der Waals surface area (Å²) in [4.78, 5) is 26.4. The molecule has 0 saturated carbocycles. The summed E-state index contributed by atoms with van der Waals surface area (Å²) < 4.78 is 0.507. The molecule has 1 aromatic carbocycles. The number of halogens is 1. The number of carboxylic acids is 1. The molecule has 0 spiro atoms. The highest BCUT2D eigenvalue weighted by atomic mass is 35.5. The zero-order chi connectivity index (χ0) is 17.9. The van der Waals surface area contributed by atoms with Gasteiger partial charge >= 0.3 is 5.97 Å². The van der Waals surface area contributed by atoms with Gasteiger partial charge < -0.3 is 10.4 Å². The van der Waals surface area contributed by atoms with Crippen molar-refractivity contribution in [1.82, 2.24) is 10.2 Å². The molecule has 1 amide bonds. The molecular formula is C18H19ClN2O3S. The smallest absolute Gasteiger partial charge is 0.329 e. The van der Waals surface area contributed by atoms with E-state index in [0.29, 0.717) is 35.8 Å². The summed E-state index contributed by atoms with van der Waals surface area (Å²) in [5.74, 6) is -1.37. The summed E-state index contributed by atoms with van der Waals surface area (Å²) in [7, 11) is 0. The van der Waals surface area contributed by atoms with Crippen molar-refractivity contribution in [3.63, 3.8) is 0 Å². The third kappa shape index (κ3) is 4.21. The highest BCUT2D eigenvalue weighted by Gasteiger charge is 2.43. The number of carbonyl (C=O) groups excluding carboxylic acids is 1. The number of hydrogen-bond donors (Lipinski definition) is 2. The molecule has 2 N–H and O–H groups in total. The standard InChI is InChI=1S/C18H19ClN2O3S/c19-15-10-14(12-25-15)16(22)20-18(17(23)24)6-8-21(9-7-18)11-13-4-2-1-3-5-13/h1-5,10,12H,6-9,11H2,(H,20,22)(H,23,24). The first-order chi connectivity index (χ1) is 12.0. The van der Waals surface area contributed by atoms with Gasteiger partial charge in [-0.05, 0) is 24.5 Å². The van der Waals surface area contributed by atoms with E-state index in [1.807, 2.05) is 18.2 Å². The van der Waals surface area contributed by atoms with Crippen LogP contribution in [0.15, 0.2) is 41.8 Å². The van der Waals surface area contributed by atoms with Gasteiger partial charge in [-0.1, -0.05) is 41.9 Å². The molecule has 0 bridgehead atoms. The van der Waals surface area contributed by atoms with Crippen LogP contribution in [-0.2, 0) is 11.3 Å². The molecule has 132 valence electrons. The molecule has 1 aliphatic heterocycles. The Balaban J connectivity index is 1.64. The number of hydrogen-bond acceptors (Lipinski definition) is 4. The summed E-state index contributed by atoms with van der Waals surface area (Å²) in [6, 6.07) is 11.6. The van der Waals surface area contributed by atoms with E-state index in [-0.39, 0.29) is 5.91 Å². The van der Waals surface area contributed by atoms with Gasteiger partial charge in [0.15, 0.2) is 0 Å². The van der Waals surface area contributed by atoms with Crippen LogP contribution in [-0.4, -0.2) is 40.5 Å². The van der Waals surface area contributed by atoms with Crippen molar-refractivity contribution < 1.29 is 14.7 Å². The Morgan fingerprint density at radius 1 is 1.24 bits per heavy atom. The minimum absolute atomic E-state index is 0.374. The van der Waals surface area contributed by atoms with Crippen molar-refractivity contribution in [1.29, 1.82) is 0 Å². The number of amides is 1. The molecule has 1 saturated heterocycles. The first kappa shape index (κ1) is 17.9. The molecule has 2 heterocycles. The van der Waals surface area contributed by atoms with Crippen LogP contribution in [0.1, 0.15) is 28.8 Å². The van der Waals surface area contributed by atoms with E-state index in [9.17, 15) is 14.7 Å². The van der Waals surface area contributed by atoms with Gasteiger partial charge in [-0.2, -0.15) is 0 Å². The molecule has 1 fully saturated rings. The number of rotatable bonds is 5. The normalized spacial score (nSPS) is 17.2. The largest absolute Gasteiger partial charge is 0.480 e. The van der Waals surface area contributed by atoms with E-state index >= 15 is 0 Å². The SMILES string of the molecule is O=C(NC1(C(=O)O)CCN(Cc2ccccc2)CC1)c1csc(Cl)c1. The van der Waals surface area contributed by atoms with Gasteiger partial charge in [-0.15, -0.1) is 11.3 Å². The number of carbonyl (C=O) groups is 2. The lowest BCUT2D eigenvalue weighted by molar-refractivity contribution is -0.146. The molecule has 0 atom stereocenters. The van der Waals surface area contributed by atoms with E-state index < -0.39 is 11.5 Å². The fraction of sp³-hybridized carbons (Fsp3) is 0.333. The van der Waals surface area contributed by atoms with E-state index in [1.165, 1.54) is 16.9 Å². The predicted molar refractivity (Wildman–Crippen MR) is 98.1 cm³/mol. The zero-order valence-corrected chi connectivity index (χ0v) is 15.1.